The highest BCUT2D eigenvalue weighted by atomic mass is 16.5. The fraction of sp³-hybridized carbons (Fsp3) is 0.500. The molecule has 2 amide bonds. The number of hydrogen-bond acceptors (Lipinski definition) is 5. The molecule has 0 fully saturated rings. The van der Waals surface area contributed by atoms with E-state index in [0.717, 1.165) is 22.6 Å². The Morgan fingerprint density at radius 2 is 1.69 bits per heavy atom. The van der Waals surface area contributed by atoms with Crippen LogP contribution in [0.15, 0.2) is 41.0 Å². The van der Waals surface area contributed by atoms with Crippen LogP contribution in [0.1, 0.15) is 64.9 Å². The molecule has 0 aliphatic carbocycles. The third-order valence-electron chi connectivity index (χ3n) is 5.41. The first kappa shape index (κ1) is 25.4. The number of imide groups is 1. The van der Waals surface area contributed by atoms with Crippen molar-refractivity contribution in [2.75, 3.05) is 26.4 Å². The smallest absolute Gasteiger partial charge is 0.271 e. The maximum atomic E-state index is 13.0. The number of nitrogens with zero attached hydrogens (tertiary/aromatic N) is 2. The molecular weight excluding hydrogens is 404 g/mol. The van der Waals surface area contributed by atoms with Crippen molar-refractivity contribution >= 4 is 17.9 Å². The van der Waals surface area contributed by atoms with Crippen molar-refractivity contribution in [3.8, 4) is 11.8 Å². The Hall–Kier alpha value is -2.91. The molecule has 6 nitrogen and oxygen atoms in total. The zero-order valence-corrected chi connectivity index (χ0v) is 19.5. The molecule has 0 bridgehead atoms. The van der Waals surface area contributed by atoms with Crippen LogP contribution >= 0.6 is 0 Å². The summed E-state index contributed by atoms with van der Waals surface area (Å²) in [4.78, 5) is 26.8. The van der Waals surface area contributed by atoms with Crippen molar-refractivity contribution in [2.24, 2.45) is 0 Å². The van der Waals surface area contributed by atoms with E-state index >= 15 is 0 Å². The van der Waals surface area contributed by atoms with Gasteiger partial charge in [-0.3, -0.25) is 14.5 Å². The Bertz CT molecular complexity index is 878. The van der Waals surface area contributed by atoms with E-state index in [1.165, 1.54) is 25.7 Å². The van der Waals surface area contributed by atoms with Crippen molar-refractivity contribution in [1.82, 2.24) is 4.90 Å². The molecule has 1 aliphatic heterocycles. The van der Waals surface area contributed by atoms with Gasteiger partial charge in [0.25, 0.3) is 11.8 Å². The predicted octanol–water partition coefficient (Wildman–Crippen LogP) is 5.05. The van der Waals surface area contributed by atoms with E-state index in [1.807, 2.05) is 37.3 Å². The highest BCUT2D eigenvalue weighted by Gasteiger charge is 2.35. The van der Waals surface area contributed by atoms with E-state index in [0.29, 0.717) is 37.4 Å². The molecule has 0 unspecified atom stereocenters. The molecule has 0 aromatic heterocycles. The number of amides is 2. The largest absolute Gasteiger partial charge is 0.494 e. The monoisotopic (exact) mass is 438 g/mol. The Labute approximate surface area is 191 Å². The third kappa shape index (κ3) is 7.06. The van der Waals surface area contributed by atoms with Gasteiger partial charge in [-0.1, -0.05) is 44.7 Å². The normalized spacial score (nSPS) is 15.4. The average molecular weight is 439 g/mol. The van der Waals surface area contributed by atoms with Gasteiger partial charge in [0.05, 0.1) is 6.61 Å². The van der Waals surface area contributed by atoms with Crippen LogP contribution in [0, 0.1) is 11.3 Å². The minimum atomic E-state index is -0.536. The summed E-state index contributed by atoms with van der Waals surface area (Å²) in [5, 5.41) is 9.48. The van der Waals surface area contributed by atoms with E-state index in [2.05, 4.69) is 6.92 Å². The summed E-state index contributed by atoms with van der Waals surface area (Å²) in [6.45, 7) is 7.68. The Morgan fingerprint density at radius 1 is 0.969 bits per heavy atom. The lowest BCUT2D eigenvalue weighted by Crippen LogP contribution is -2.43. The van der Waals surface area contributed by atoms with E-state index in [4.69, 9.17) is 9.47 Å². The summed E-state index contributed by atoms with van der Waals surface area (Å²) < 4.78 is 11.1. The van der Waals surface area contributed by atoms with Crippen molar-refractivity contribution in [1.29, 1.82) is 5.26 Å². The molecule has 6 heteroatoms. The number of rotatable bonds is 13. The summed E-state index contributed by atoms with van der Waals surface area (Å²) in [6, 6.07) is 9.47. The zero-order chi connectivity index (χ0) is 23.3. The van der Waals surface area contributed by atoms with Gasteiger partial charge in [-0.05, 0) is 56.0 Å². The summed E-state index contributed by atoms with van der Waals surface area (Å²) >= 11 is 0. The van der Waals surface area contributed by atoms with Gasteiger partial charge in [0, 0.05) is 25.3 Å². The summed E-state index contributed by atoms with van der Waals surface area (Å²) in [5.41, 5.74) is 1.59. The molecule has 1 aromatic carbocycles. The fourth-order valence-corrected chi connectivity index (χ4v) is 3.52. The lowest BCUT2D eigenvalue weighted by atomic mass is 9.93. The first-order valence-corrected chi connectivity index (χ1v) is 11.5. The lowest BCUT2D eigenvalue weighted by Gasteiger charge is -2.27. The van der Waals surface area contributed by atoms with Gasteiger partial charge < -0.3 is 9.47 Å². The van der Waals surface area contributed by atoms with Crippen LogP contribution in [0.4, 0.5) is 0 Å². The van der Waals surface area contributed by atoms with Crippen LogP contribution < -0.4 is 4.74 Å². The molecule has 32 heavy (non-hydrogen) atoms. The topological polar surface area (TPSA) is 79.6 Å². The second-order valence-corrected chi connectivity index (χ2v) is 7.81. The minimum Gasteiger partial charge on any atom is -0.494 e. The molecule has 172 valence electrons. The fourth-order valence-electron chi connectivity index (χ4n) is 3.52. The Morgan fingerprint density at radius 3 is 2.34 bits per heavy atom. The molecule has 0 saturated heterocycles. The van der Waals surface area contributed by atoms with Gasteiger partial charge in [0.15, 0.2) is 0 Å². The lowest BCUT2D eigenvalue weighted by molar-refractivity contribution is -0.140. The highest BCUT2D eigenvalue weighted by molar-refractivity contribution is 6.19. The van der Waals surface area contributed by atoms with Crippen LogP contribution in [0.3, 0.4) is 0 Å². The Kier molecular flexibility index (Phi) is 10.7. The SMILES string of the molecule is CCCCCCCOc1ccc(/C=C2/C(=O)N(CCCOCC)C(=O)C(C#N)=C2C)cc1. The average Bonchev–Trinajstić information content (AvgIpc) is 2.80. The molecule has 0 radical (unpaired) electrons. The molecule has 0 saturated carbocycles. The maximum Gasteiger partial charge on any atom is 0.271 e. The molecule has 0 spiro atoms. The van der Waals surface area contributed by atoms with Gasteiger partial charge in [-0.15, -0.1) is 0 Å². The van der Waals surface area contributed by atoms with E-state index in [1.54, 1.807) is 13.0 Å². The second kappa shape index (κ2) is 13.5. The summed E-state index contributed by atoms with van der Waals surface area (Å²) in [5.74, 6) is -0.128. The number of nitriles is 1. The molecule has 1 aliphatic rings. The van der Waals surface area contributed by atoms with Crippen molar-refractivity contribution in [2.45, 2.75) is 59.3 Å². The van der Waals surface area contributed by atoms with Crippen molar-refractivity contribution in [3.63, 3.8) is 0 Å². The van der Waals surface area contributed by atoms with E-state index in [-0.39, 0.29) is 18.0 Å². The first-order valence-electron chi connectivity index (χ1n) is 11.5. The number of unbranched alkanes of at least 4 members (excludes halogenated alkanes) is 4. The van der Waals surface area contributed by atoms with Crippen molar-refractivity contribution in [3.05, 3.63) is 46.5 Å². The number of benzene rings is 1. The van der Waals surface area contributed by atoms with Gasteiger partial charge in [-0.2, -0.15) is 5.26 Å². The van der Waals surface area contributed by atoms with Gasteiger partial charge in [0.2, 0.25) is 0 Å². The standard InChI is InChI=1S/C26H34N2O4/c1-4-6-7-8-9-17-32-22-13-11-21(12-14-22)18-23-20(3)24(19-27)26(30)28(25(23)29)15-10-16-31-5-2/h11-14,18H,4-10,15-17H2,1-3H3/b23-18+. The molecule has 1 heterocycles. The van der Waals surface area contributed by atoms with Crippen LogP contribution in [0.25, 0.3) is 6.08 Å². The highest BCUT2D eigenvalue weighted by Crippen LogP contribution is 2.27. The van der Waals surface area contributed by atoms with Crippen molar-refractivity contribution < 1.29 is 19.1 Å². The molecule has 0 atom stereocenters. The van der Waals surface area contributed by atoms with Crippen LogP contribution in [0.2, 0.25) is 0 Å². The number of carbonyl (C=O) groups is 2. The predicted molar refractivity (Wildman–Crippen MR) is 125 cm³/mol. The Balaban J connectivity index is 2.09. The number of ether oxygens (including phenoxy) is 2. The number of carbonyl (C=O) groups excluding carboxylic acids is 2. The van der Waals surface area contributed by atoms with Crippen LogP contribution in [0.5, 0.6) is 5.75 Å². The number of hydrogen-bond donors (Lipinski definition) is 0. The van der Waals surface area contributed by atoms with Crippen LogP contribution in [-0.4, -0.2) is 43.1 Å². The first-order chi connectivity index (χ1) is 15.5. The van der Waals surface area contributed by atoms with Gasteiger partial charge in [-0.25, -0.2) is 0 Å². The third-order valence-corrected chi connectivity index (χ3v) is 5.41. The molecule has 1 aromatic rings. The summed E-state index contributed by atoms with van der Waals surface area (Å²) in [7, 11) is 0. The molecule has 2 rings (SSSR count). The van der Waals surface area contributed by atoms with Crippen LogP contribution in [-0.2, 0) is 14.3 Å². The van der Waals surface area contributed by atoms with E-state index in [9.17, 15) is 14.9 Å². The quantitative estimate of drug-likeness (QED) is 0.244. The summed E-state index contributed by atoms with van der Waals surface area (Å²) in [6.07, 6.45) is 8.19. The molecular formula is C26H34N2O4. The van der Waals surface area contributed by atoms with Gasteiger partial charge in [0.1, 0.15) is 17.4 Å². The van der Waals surface area contributed by atoms with Gasteiger partial charge >= 0.3 is 0 Å². The second-order valence-electron chi connectivity index (χ2n) is 7.81. The minimum absolute atomic E-state index is 0.00952. The maximum absolute atomic E-state index is 13.0. The molecule has 0 N–H and O–H groups in total. The zero-order valence-electron chi connectivity index (χ0n) is 19.5. The van der Waals surface area contributed by atoms with E-state index < -0.39 is 5.91 Å².